The van der Waals surface area contributed by atoms with E-state index in [1.54, 1.807) is 0 Å². The van der Waals surface area contributed by atoms with Gasteiger partial charge in [0.05, 0.1) is 11.6 Å². The second-order valence-electron chi connectivity index (χ2n) is 5.04. The first-order valence-corrected chi connectivity index (χ1v) is 6.72. The summed E-state index contributed by atoms with van der Waals surface area (Å²) < 4.78 is 6.16. The van der Waals surface area contributed by atoms with Crippen LogP contribution in [0.25, 0.3) is 5.57 Å². The molecule has 0 saturated heterocycles. The second-order valence-corrected chi connectivity index (χ2v) is 5.47. The van der Waals surface area contributed by atoms with Gasteiger partial charge in [0.15, 0.2) is 0 Å². The molecule has 18 heavy (non-hydrogen) atoms. The highest BCUT2D eigenvalue weighted by molar-refractivity contribution is 6.30. The van der Waals surface area contributed by atoms with Crippen LogP contribution in [-0.2, 0) is 0 Å². The van der Waals surface area contributed by atoms with Crippen molar-refractivity contribution in [2.45, 2.75) is 37.7 Å². The third kappa shape index (κ3) is 1.89. The zero-order valence-corrected chi connectivity index (χ0v) is 10.8. The van der Waals surface area contributed by atoms with Crippen LogP contribution in [0.3, 0.4) is 0 Å². The summed E-state index contributed by atoms with van der Waals surface area (Å²) in [5.41, 5.74) is 1.26. The van der Waals surface area contributed by atoms with Crippen molar-refractivity contribution >= 4 is 17.2 Å². The van der Waals surface area contributed by atoms with E-state index in [1.807, 2.05) is 24.3 Å². The van der Waals surface area contributed by atoms with Gasteiger partial charge in [0, 0.05) is 10.6 Å². The van der Waals surface area contributed by atoms with Crippen LogP contribution >= 0.6 is 11.6 Å². The molecule has 0 radical (unpaired) electrons. The molecule has 1 spiro atoms. The molecule has 0 bridgehead atoms. The van der Waals surface area contributed by atoms with Crippen LogP contribution in [0.2, 0.25) is 5.02 Å². The van der Waals surface area contributed by atoms with E-state index in [0.717, 1.165) is 37.0 Å². The van der Waals surface area contributed by atoms with Gasteiger partial charge in [0.25, 0.3) is 0 Å². The Hall–Kier alpha value is -1.46. The summed E-state index contributed by atoms with van der Waals surface area (Å²) in [6.07, 6.45) is 7.59. The van der Waals surface area contributed by atoms with E-state index in [4.69, 9.17) is 16.3 Å². The van der Waals surface area contributed by atoms with Crippen molar-refractivity contribution in [1.29, 1.82) is 5.26 Å². The van der Waals surface area contributed by atoms with Gasteiger partial charge >= 0.3 is 0 Å². The Bertz CT molecular complexity index is 550. The number of allylic oxidation sites excluding steroid dienone is 1. The van der Waals surface area contributed by atoms with Gasteiger partial charge in [-0.05, 0) is 50.0 Å². The fourth-order valence-corrected chi connectivity index (χ4v) is 3.05. The minimum absolute atomic E-state index is 0.260. The lowest BCUT2D eigenvalue weighted by Crippen LogP contribution is -2.38. The van der Waals surface area contributed by atoms with Crippen LogP contribution < -0.4 is 4.74 Å². The molecule has 1 aromatic carbocycles. The Kier molecular flexibility index (Phi) is 2.80. The Morgan fingerprint density at radius 2 is 2.00 bits per heavy atom. The first-order valence-electron chi connectivity index (χ1n) is 6.34. The minimum Gasteiger partial charge on any atom is -0.482 e. The van der Waals surface area contributed by atoms with Crippen molar-refractivity contribution in [2.24, 2.45) is 0 Å². The molecule has 2 nitrogen and oxygen atoms in total. The van der Waals surface area contributed by atoms with Crippen molar-refractivity contribution in [3.8, 4) is 11.8 Å². The van der Waals surface area contributed by atoms with Crippen molar-refractivity contribution in [3.05, 3.63) is 34.9 Å². The lowest BCUT2D eigenvalue weighted by Gasteiger charge is -2.38. The van der Waals surface area contributed by atoms with Gasteiger partial charge in [-0.25, -0.2) is 0 Å². The lowest BCUT2D eigenvalue weighted by atomic mass is 9.81. The quantitative estimate of drug-likeness (QED) is 0.694. The van der Waals surface area contributed by atoms with Gasteiger partial charge in [0.1, 0.15) is 11.4 Å². The van der Waals surface area contributed by atoms with Crippen molar-refractivity contribution in [3.63, 3.8) is 0 Å². The van der Waals surface area contributed by atoms with Gasteiger partial charge in [-0.2, -0.15) is 5.26 Å². The summed E-state index contributed by atoms with van der Waals surface area (Å²) in [6.45, 7) is 0. The van der Waals surface area contributed by atoms with Gasteiger partial charge < -0.3 is 4.74 Å². The molecule has 1 saturated carbocycles. The second kappa shape index (κ2) is 4.33. The molecule has 0 N–H and O–H groups in total. The van der Waals surface area contributed by atoms with Crippen LogP contribution in [0.15, 0.2) is 24.3 Å². The summed E-state index contributed by atoms with van der Waals surface area (Å²) in [5.74, 6) is 0.792. The van der Waals surface area contributed by atoms with E-state index < -0.39 is 0 Å². The Balaban J connectivity index is 2.08. The molecule has 3 heteroatoms. The number of rotatable bonds is 0. The molecule has 1 fully saturated rings. The van der Waals surface area contributed by atoms with Gasteiger partial charge in [-0.15, -0.1) is 0 Å². The number of nitriles is 1. The topological polar surface area (TPSA) is 33.0 Å². The van der Waals surface area contributed by atoms with E-state index in [9.17, 15) is 5.26 Å². The molecule has 1 aliphatic heterocycles. The molecular weight excluding hydrogens is 246 g/mol. The Labute approximate surface area is 112 Å². The molecule has 3 rings (SSSR count). The summed E-state index contributed by atoms with van der Waals surface area (Å²) in [4.78, 5) is 0. The molecule has 0 unspecified atom stereocenters. The number of fused-ring (bicyclic) bond motifs is 1. The summed E-state index contributed by atoms with van der Waals surface area (Å²) >= 11 is 5.98. The summed E-state index contributed by atoms with van der Waals surface area (Å²) in [7, 11) is 0. The predicted molar refractivity (Wildman–Crippen MR) is 71.5 cm³/mol. The molecule has 92 valence electrons. The van der Waals surface area contributed by atoms with E-state index in [-0.39, 0.29) is 5.60 Å². The maximum Gasteiger partial charge on any atom is 0.129 e. The maximum absolute atomic E-state index is 9.33. The highest BCUT2D eigenvalue weighted by atomic mass is 35.5. The van der Waals surface area contributed by atoms with E-state index in [2.05, 4.69) is 6.07 Å². The monoisotopic (exact) mass is 259 g/mol. The molecule has 0 amide bonds. The van der Waals surface area contributed by atoms with Crippen LogP contribution in [0.1, 0.15) is 37.7 Å². The van der Waals surface area contributed by atoms with Crippen molar-refractivity contribution < 1.29 is 4.74 Å². The average Bonchev–Trinajstić information content (AvgIpc) is 2.39. The number of nitrogens with zero attached hydrogens (tertiary/aromatic N) is 1. The minimum atomic E-state index is -0.260. The van der Waals surface area contributed by atoms with E-state index in [0.29, 0.717) is 10.6 Å². The SMILES string of the molecule is N#CC1=CC2(CCCCC2)Oc2ccc(Cl)cc21. The van der Waals surface area contributed by atoms with Crippen LogP contribution in [0.5, 0.6) is 5.75 Å². The molecule has 1 heterocycles. The van der Waals surface area contributed by atoms with Crippen LogP contribution in [0.4, 0.5) is 0 Å². The van der Waals surface area contributed by atoms with E-state index in [1.165, 1.54) is 6.42 Å². The van der Waals surface area contributed by atoms with Crippen LogP contribution in [-0.4, -0.2) is 5.60 Å². The van der Waals surface area contributed by atoms with Gasteiger partial charge in [-0.3, -0.25) is 0 Å². The zero-order valence-electron chi connectivity index (χ0n) is 10.1. The first kappa shape index (κ1) is 11.6. The first-order chi connectivity index (χ1) is 8.72. The smallest absolute Gasteiger partial charge is 0.129 e. The third-order valence-corrected chi connectivity index (χ3v) is 4.01. The van der Waals surface area contributed by atoms with E-state index >= 15 is 0 Å². The zero-order chi connectivity index (χ0) is 12.6. The average molecular weight is 260 g/mol. The fraction of sp³-hybridized carbons (Fsp3) is 0.400. The van der Waals surface area contributed by atoms with Crippen LogP contribution in [0, 0.1) is 11.3 Å². The molecule has 0 atom stereocenters. The number of ether oxygens (including phenoxy) is 1. The summed E-state index contributed by atoms with van der Waals surface area (Å²) in [5, 5.41) is 9.96. The van der Waals surface area contributed by atoms with Crippen molar-refractivity contribution in [1.82, 2.24) is 0 Å². The number of hydrogen-bond donors (Lipinski definition) is 0. The molecule has 2 aliphatic rings. The molecule has 0 aromatic heterocycles. The van der Waals surface area contributed by atoms with Gasteiger partial charge in [-0.1, -0.05) is 18.0 Å². The molecule has 1 aromatic rings. The lowest BCUT2D eigenvalue weighted by molar-refractivity contribution is 0.0748. The number of benzene rings is 1. The highest BCUT2D eigenvalue weighted by Crippen LogP contribution is 2.43. The maximum atomic E-state index is 9.33. The number of halogens is 1. The summed E-state index contributed by atoms with van der Waals surface area (Å²) in [6, 6.07) is 7.78. The Morgan fingerprint density at radius 3 is 2.72 bits per heavy atom. The van der Waals surface area contributed by atoms with Gasteiger partial charge in [0.2, 0.25) is 0 Å². The highest BCUT2D eigenvalue weighted by Gasteiger charge is 2.36. The largest absolute Gasteiger partial charge is 0.482 e. The van der Waals surface area contributed by atoms with Crippen molar-refractivity contribution in [2.75, 3.05) is 0 Å². The Morgan fingerprint density at radius 1 is 1.22 bits per heavy atom. The molecule has 1 aliphatic carbocycles. The number of hydrogen-bond acceptors (Lipinski definition) is 2. The predicted octanol–water partition coefficient (Wildman–Crippen LogP) is 4.34. The standard InChI is InChI=1S/C15H14ClNO/c16-12-4-5-14-13(8-12)11(10-17)9-15(18-14)6-2-1-3-7-15/h4-5,8-9H,1-3,6-7H2. The molecular formula is C15H14ClNO. The normalized spacial score (nSPS) is 20.6. The third-order valence-electron chi connectivity index (χ3n) is 3.77. The fourth-order valence-electron chi connectivity index (χ4n) is 2.88.